The number of rotatable bonds is 0. The van der Waals surface area contributed by atoms with Crippen LogP contribution in [0.3, 0.4) is 0 Å². The van der Waals surface area contributed by atoms with Crippen molar-refractivity contribution in [2.24, 2.45) is 0 Å². The second-order valence-corrected chi connectivity index (χ2v) is 4.99. The molecule has 2 aromatic rings. The van der Waals surface area contributed by atoms with Gasteiger partial charge in [-0.25, -0.2) is 0 Å². The van der Waals surface area contributed by atoms with Crippen molar-refractivity contribution < 1.29 is 9.53 Å². The van der Waals surface area contributed by atoms with E-state index in [1.165, 1.54) is 0 Å². The Morgan fingerprint density at radius 3 is 3.05 bits per heavy atom. The zero-order valence-corrected chi connectivity index (χ0v) is 10.4. The SMILES string of the molecule is O=C1CNCC2COc3c(ccc4ccccc34)N12. The Morgan fingerprint density at radius 1 is 1.21 bits per heavy atom. The van der Waals surface area contributed by atoms with Gasteiger partial charge in [0, 0.05) is 11.9 Å². The van der Waals surface area contributed by atoms with Crippen molar-refractivity contribution >= 4 is 22.4 Å². The lowest BCUT2D eigenvalue weighted by molar-refractivity contribution is -0.119. The molecule has 2 aliphatic heterocycles. The number of piperazine rings is 1. The highest BCUT2D eigenvalue weighted by Gasteiger charge is 2.35. The third-order valence-electron chi connectivity index (χ3n) is 3.83. The molecule has 4 heteroatoms. The van der Waals surface area contributed by atoms with Gasteiger partial charge < -0.3 is 15.0 Å². The summed E-state index contributed by atoms with van der Waals surface area (Å²) in [6.45, 7) is 1.75. The summed E-state index contributed by atoms with van der Waals surface area (Å²) in [6.07, 6.45) is 0. The third kappa shape index (κ3) is 1.53. The number of nitrogens with one attached hydrogen (secondary N) is 1. The van der Waals surface area contributed by atoms with E-state index in [1.807, 2.05) is 29.2 Å². The molecule has 19 heavy (non-hydrogen) atoms. The Bertz CT molecular complexity index is 668. The number of hydrogen-bond donors (Lipinski definition) is 1. The topological polar surface area (TPSA) is 41.6 Å². The van der Waals surface area contributed by atoms with Gasteiger partial charge in [-0.1, -0.05) is 30.3 Å². The Morgan fingerprint density at radius 2 is 2.11 bits per heavy atom. The number of nitrogens with zero attached hydrogens (tertiary/aromatic N) is 1. The summed E-state index contributed by atoms with van der Waals surface area (Å²) >= 11 is 0. The fourth-order valence-corrected chi connectivity index (χ4v) is 2.94. The van der Waals surface area contributed by atoms with Crippen LogP contribution in [0.2, 0.25) is 0 Å². The molecule has 1 atom stereocenters. The zero-order valence-electron chi connectivity index (χ0n) is 10.4. The first-order chi connectivity index (χ1) is 9.34. The van der Waals surface area contributed by atoms with Gasteiger partial charge >= 0.3 is 0 Å². The second-order valence-electron chi connectivity index (χ2n) is 4.99. The van der Waals surface area contributed by atoms with Crippen LogP contribution in [0.25, 0.3) is 10.8 Å². The standard InChI is InChI=1S/C15H14N2O2/c18-14-8-16-7-11-9-19-15-12-4-2-1-3-10(12)5-6-13(15)17(11)14/h1-6,11,16H,7-9H2. The van der Waals surface area contributed by atoms with Crippen molar-refractivity contribution in [2.45, 2.75) is 6.04 Å². The van der Waals surface area contributed by atoms with E-state index in [1.54, 1.807) is 0 Å². The molecule has 0 spiro atoms. The number of hydrogen-bond acceptors (Lipinski definition) is 3. The predicted octanol–water partition coefficient (Wildman–Crippen LogP) is 1.54. The third-order valence-corrected chi connectivity index (χ3v) is 3.83. The van der Waals surface area contributed by atoms with Gasteiger partial charge in [-0.2, -0.15) is 0 Å². The summed E-state index contributed by atoms with van der Waals surface area (Å²) in [4.78, 5) is 14.0. The summed E-state index contributed by atoms with van der Waals surface area (Å²) in [5.41, 5.74) is 0.904. The molecule has 1 amide bonds. The van der Waals surface area contributed by atoms with Crippen LogP contribution >= 0.6 is 0 Å². The fourth-order valence-electron chi connectivity index (χ4n) is 2.94. The highest BCUT2D eigenvalue weighted by atomic mass is 16.5. The Kier molecular flexibility index (Phi) is 2.26. The molecule has 2 heterocycles. The maximum absolute atomic E-state index is 12.1. The molecule has 1 N–H and O–H groups in total. The number of anilines is 1. The molecule has 0 saturated carbocycles. The number of amides is 1. The van der Waals surface area contributed by atoms with Crippen molar-refractivity contribution in [1.82, 2.24) is 5.32 Å². The molecule has 1 saturated heterocycles. The average Bonchev–Trinajstić information content (AvgIpc) is 2.46. The number of fused-ring (bicyclic) bond motifs is 5. The molecule has 0 aromatic heterocycles. The molecular weight excluding hydrogens is 240 g/mol. The van der Waals surface area contributed by atoms with Crippen LogP contribution in [0.5, 0.6) is 5.75 Å². The average molecular weight is 254 g/mol. The number of carbonyl (C=O) groups excluding carboxylic acids is 1. The number of carbonyl (C=O) groups is 1. The second kappa shape index (κ2) is 3.96. The number of ether oxygens (including phenoxy) is 1. The van der Waals surface area contributed by atoms with E-state index in [2.05, 4.69) is 17.4 Å². The van der Waals surface area contributed by atoms with Gasteiger partial charge in [-0.15, -0.1) is 0 Å². The maximum atomic E-state index is 12.1. The van der Waals surface area contributed by atoms with E-state index in [4.69, 9.17) is 4.74 Å². The van der Waals surface area contributed by atoms with Crippen LogP contribution in [0.15, 0.2) is 36.4 Å². The van der Waals surface area contributed by atoms with Gasteiger partial charge in [0.05, 0.1) is 18.3 Å². The largest absolute Gasteiger partial charge is 0.489 e. The van der Waals surface area contributed by atoms with E-state index in [0.29, 0.717) is 13.2 Å². The highest BCUT2D eigenvalue weighted by molar-refractivity contribution is 6.03. The molecule has 0 radical (unpaired) electrons. The highest BCUT2D eigenvalue weighted by Crippen LogP contribution is 2.40. The first-order valence-corrected chi connectivity index (χ1v) is 6.52. The Labute approximate surface area is 111 Å². The molecule has 96 valence electrons. The Balaban J connectivity index is 1.93. The van der Waals surface area contributed by atoms with Crippen molar-refractivity contribution in [3.8, 4) is 5.75 Å². The van der Waals surface area contributed by atoms with Crippen LogP contribution in [0, 0.1) is 0 Å². The first-order valence-electron chi connectivity index (χ1n) is 6.52. The summed E-state index contributed by atoms with van der Waals surface area (Å²) in [6, 6.07) is 12.3. The van der Waals surface area contributed by atoms with Gasteiger partial charge in [0.1, 0.15) is 6.61 Å². The van der Waals surface area contributed by atoms with E-state index < -0.39 is 0 Å². The van der Waals surface area contributed by atoms with Crippen LogP contribution in [-0.4, -0.2) is 31.6 Å². The fraction of sp³-hybridized carbons (Fsp3) is 0.267. The molecule has 0 bridgehead atoms. The smallest absolute Gasteiger partial charge is 0.241 e. The van der Waals surface area contributed by atoms with Crippen molar-refractivity contribution in [3.05, 3.63) is 36.4 Å². The lowest BCUT2D eigenvalue weighted by Crippen LogP contribution is -2.58. The summed E-state index contributed by atoms with van der Waals surface area (Å²) in [5, 5.41) is 5.35. The molecule has 1 fully saturated rings. The minimum Gasteiger partial charge on any atom is -0.489 e. The van der Waals surface area contributed by atoms with Crippen LogP contribution in [-0.2, 0) is 4.79 Å². The molecule has 0 aliphatic carbocycles. The molecule has 2 aliphatic rings. The van der Waals surface area contributed by atoms with Crippen molar-refractivity contribution in [2.75, 3.05) is 24.6 Å². The van der Waals surface area contributed by atoms with Gasteiger partial charge in [0.25, 0.3) is 0 Å². The summed E-state index contributed by atoms with van der Waals surface area (Å²) < 4.78 is 5.92. The van der Waals surface area contributed by atoms with E-state index in [9.17, 15) is 4.79 Å². The van der Waals surface area contributed by atoms with E-state index in [0.717, 1.165) is 28.8 Å². The van der Waals surface area contributed by atoms with Crippen LogP contribution in [0.4, 0.5) is 5.69 Å². The van der Waals surface area contributed by atoms with Crippen molar-refractivity contribution in [1.29, 1.82) is 0 Å². The monoisotopic (exact) mass is 254 g/mol. The Hall–Kier alpha value is -2.07. The molecular formula is C15H14N2O2. The lowest BCUT2D eigenvalue weighted by atomic mass is 10.0. The maximum Gasteiger partial charge on any atom is 0.241 e. The zero-order chi connectivity index (χ0) is 12.8. The minimum absolute atomic E-state index is 0.106. The molecule has 4 rings (SSSR count). The van der Waals surface area contributed by atoms with E-state index in [-0.39, 0.29) is 11.9 Å². The summed E-state index contributed by atoms with van der Waals surface area (Å²) in [5.74, 6) is 0.959. The van der Waals surface area contributed by atoms with Crippen molar-refractivity contribution in [3.63, 3.8) is 0 Å². The van der Waals surface area contributed by atoms with Gasteiger partial charge in [0.2, 0.25) is 5.91 Å². The van der Waals surface area contributed by atoms with Crippen LogP contribution < -0.4 is 15.0 Å². The van der Waals surface area contributed by atoms with Gasteiger partial charge in [-0.05, 0) is 11.5 Å². The summed E-state index contributed by atoms with van der Waals surface area (Å²) in [7, 11) is 0. The van der Waals surface area contributed by atoms with Gasteiger partial charge in [0.15, 0.2) is 5.75 Å². The number of benzene rings is 2. The quantitative estimate of drug-likeness (QED) is 0.775. The molecule has 4 nitrogen and oxygen atoms in total. The molecule has 1 unspecified atom stereocenters. The van der Waals surface area contributed by atoms with E-state index >= 15 is 0 Å². The first kappa shape index (κ1) is 10.8. The molecule has 2 aromatic carbocycles. The van der Waals surface area contributed by atoms with Gasteiger partial charge in [-0.3, -0.25) is 4.79 Å². The lowest BCUT2D eigenvalue weighted by Gasteiger charge is -2.40. The normalized spacial score (nSPS) is 21.8. The minimum atomic E-state index is 0.106. The predicted molar refractivity (Wildman–Crippen MR) is 73.6 cm³/mol. The van der Waals surface area contributed by atoms with Crippen LogP contribution in [0.1, 0.15) is 0 Å².